The van der Waals surface area contributed by atoms with Crippen LogP contribution in [0.2, 0.25) is 0 Å². The lowest BCUT2D eigenvalue weighted by Crippen LogP contribution is -2.06. The molecule has 1 rings (SSSR count). The van der Waals surface area contributed by atoms with E-state index < -0.39 is 0 Å². The molecule has 0 aliphatic carbocycles. The van der Waals surface area contributed by atoms with Crippen molar-refractivity contribution in [2.24, 2.45) is 0 Å². The number of aromatic nitrogens is 2. The van der Waals surface area contributed by atoms with Gasteiger partial charge >= 0.3 is 0 Å². The summed E-state index contributed by atoms with van der Waals surface area (Å²) in [4.78, 5) is 8.52. The van der Waals surface area contributed by atoms with E-state index in [1.807, 2.05) is 13.8 Å². The van der Waals surface area contributed by atoms with Gasteiger partial charge in [0.1, 0.15) is 17.5 Å². The van der Waals surface area contributed by atoms with Crippen molar-refractivity contribution in [2.45, 2.75) is 38.3 Å². The first-order valence-corrected chi connectivity index (χ1v) is 6.29. The smallest absolute Gasteiger partial charge is 0.189 e. The minimum absolute atomic E-state index is 0.181. The van der Waals surface area contributed by atoms with Gasteiger partial charge in [-0.2, -0.15) is 5.26 Å². The summed E-state index contributed by atoms with van der Waals surface area (Å²) < 4.78 is 0. The van der Waals surface area contributed by atoms with Crippen LogP contribution in [0.25, 0.3) is 0 Å². The Morgan fingerprint density at radius 3 is 2.62 bits per heavy atom. The summed E-state index contributed by atoms with van der Waals surface area (Å²) in [7, 11) is 0. The quantitative estimate of drug-likeness (QED) is 0.642. The number of nitrogens with zero attached hydrogens (tertiary/aromatic N) is 3. The number of thioether (sulfide) groups is 1. The first-order valence-electron chi connectivity index (χ1n) is 5.30. The van der Waals surface area contributed by atoms with E-state index in [0.29, 0.717) is 16.5 Å². The normalized spacial score (nSPS) is 10.4. The molecular formula is C11H16N4S. The molecule has 0 saturated carbocycles. The van der Waals surface area contributed by atoms with Gasteiger partial charge in [-0.3, -0.25) is 0 Å². The number of hydrogen-bond donors (Lipinski definition) is 1. The van der Waals surface area contributed by atoms with E-state index in [0.717, 1.165) is 17.9 Å². The molecule has 1 aromatic heterocycles. The van der Waals surface area contributed by atoms with Gasteiger partial charge in [-0.05, 0) is 12.3 Å². The maximum Gasteiger partial charge on any atom is 0.189 e. The summed E-state index contributed by atoms with van der Waals surface area (Å²) in [5.74, 6) is 1.43. The van der Waals surface area contributed by atoms with E-state index in [2.05, 4.69) is 23.0 Å². The van der Waals surface area contributed by atoms with Crippen LogP contribution < -0.4 is 5.73 Å². The van der Waals surface area contributed by atoms with Crippen molar-refractivity contribution >= 4 is 17.6 Å². The topological polar surface area (TPSA) is 75.6 Å². The van der Waals surface area contributed by atoms with Crippen LogP contribution in [0.4, 0.5) is 5.82 Å². The zero-order chi connectivity index (χ0) is 12.1. The third kappa shape index (κ3) is 2.86. The van der Waals surface area contributed by atoms with Gasteiger partial charge in [-0.25, -0.2) is 9.97 Å². The molecule has 5 heteroatoms. The van der Waals surface area contributed by atoms with Crippen LogP contribution in [0, 0.1) is 11.3 Å². The molecule has 0 fully saturated rings. The van der Waals surface area contributed by atoms with Gasteiger partial charge in [0.25, 0.3) is 0 Å². The Morgan fingerprint density at radius 1 is 1.44 bits per heavy atom. The summed E-state index contributed by atoms with van der Waals surface area (Å²) in [5.41, 5.74) is 6.91. The molecule has 16 heavy (non-hydrogen) atoms. The first kappa shape index (κ1) is 12.8. The highest BCUT2D eigenvalue weighted by Crippen LogP contribution is 2.24. The lowest BCUT2D eigenvalue weighted by molar-refractivity contribution is 0.776. The molecule has 2 N–H and O–H groups in total. The van der Waals surface area contributed by atoms with E-state index >= 15 is 0 Å². The second kappa shape index (κ2) is 5.71. The zero-order valence-corrected chi connectivity index (χ0v) is 10.6. The summed E-state index contributed by atoms with van der Waals surface area (Å²) in [6, 6.07) is 2.07. The van der Waals surface area contributed by atoms with Crippen LogP contribution >= 0.6 is 11.8 Å². The maximum absolute atomic E-state index is 9.00. The summed E-state index contributed by atoms with van der Waals surface area (Å²) in [5, 5.41) is 9.67. The van der Waals surface area contributed by atoms with Crippen LogP contribution in [0.15, 0.2) is 5.16 Å². The fourth-order valence-electron chi connectivity index (χ4n) is 1.26. The number of nitrogens with two attached hydrogens (primary N) is 1. The third-order valence-electron chi connectivity index (χ3n) is 2.04. The number of nitrogen functional groups attached to an aromatic ring is 1. The third-order valence-corrected chi connectivity index (χ3v) is 3.09. The predicted molar refractivity (Wildman–Crippen MR) is 66.3 cm³/mol. The number of hydrogen-bond acceptors (Lipinski definition) is 5. The van der Waals surface area contributed by atoms with Crippen molar-refractivity contribution in [1.29, 1.82) is 5.26 Å². The molecular weight excluding hydrogens is 220 g/mol. The van der Waals surface area contributed by atoms with Crippen LogP contribution in [-0.2, 0) is 0 Å². The standard InChI is InChI=1S/C11H16N4S/c1-4-5-16-11-14-9(7(2)3)8(6-12)10(13)15-11/h7H,4-5H2,1-3H3,(H2,13,14,15). The lowest BCUT2D eigenvalue weighted by atomic mass is 10.1. The Hall–Kier alpha value is -1.28. The summed E-state index contributed by atoms with van der Waals surface area (Å²) >= 11 is 1.57. The highest BCUT2D eigenvalue weighted by atomic mass is 32.2. The second-order valence-corrected chi connectivity index (χ2v) is 4.83. The molecule has 0 spiro atoms. The summed E-state index contributed by atoms with van der Waals surface area (Å²) in [6.07, 6.45) is 1.06. The van der Waals surface area contributed by atoms with Gasteiger partial charge in [0.15, 0.2) is 5.16 Å². The molecule has 0 radical (unpaired) electrons. The highest BCUT2D eigenvalue weighted by Gasteiger charge is 2.14. The number of nitriles is 1. The van der Waals surface area contributed by atoms with E-state index in [1.165, 1.54) is 0 Å². The van der Waals surface area contributed by atoms with Crippen molar-refractivity contribution in [2.75, 3.05) is 11.5 Å². The van der Waals surface area contributed by atoms with Gasteiger partial charge < -0.3 is 5.73 Å². The van der Waals surface area contributed by atoms with Crippen molar-refractivity contribution in [1.82, 2.24) is 9.97 Å². The molecule has 0 aromatic carbocycles. The van der Waals surface area contributed by atoms with Gasteiger partial charge in [0.2, 0.25) is 0 Å². The number of anilines is 1. The van der Waals surface area contributed by atoms with E-state index in [9.17, 15) is 0 Å². The van der Waals surface area contributed by atoms with Gasteiger partial charge in [0.05, 0.1) is 5.69 Å². The van der Waals surface area contributed by atoms with Crippen molar-refractivity contribution in [3.63, 3.8) is 0 Å². The van der Waals surface area contributed by atoms with Crippen molar-refractivity contribution in [3.05, 3.63) is 11.3 Å². The van der Waals surface area contributed by atoms with Crippen LogP contribution in [0.5, 0.6) is 0 Å². The molecule has 0 saturated heterocycles. The van der Waals surface area contributed by atoms with E-state index in [1.54, 1.807) is 11.8 Å². The van der Waals surface area contributed by atoms with Crippen LogP contribution in [0.3, 0.4) is 0 Å². The Labute approximate surface area is 100 Å². The second-order valence-electron chi connectivity index (χ2n) is 3.77. The molecule has 1 aromatic rings. The van der Waals surface area contributed by atoms with Crippen LogP contribution in [-0.4, -0.2) is 15.7 Å². The Balaban J connectivity index is 3.14. The van der Waals surface area contributed by atoms with Gasteiger partial charge in [-0.1, -0.05) is 32.5 Å². The predicted octanol–water partition coefficient (Wildman–Crippen LogP) is 2.56. The maximum atomic E-state index is 9.00. The Kier molecular flexibility index (Phi) is 4.56. The molecule has 0 amide bonds. The fraction of sp³-hybridized carbons (Fsp3) is 0.545. The summed E-state index contributed by atoms with van der Waals surface area (Å²) in [6.45, 7) is 6.09. The molecule has 1 heterocycles. The minimum atomic E-state index is 0.181. The molecule has 0 unspecified atom stereocenters. The number of rotatable bonds is 4. The Bertz CT molecular complexity index is 409. The molecule has 86 valence electrons. The average molecular weight is 236 g/mol. The largest absolute Gasteiger partial charge is 0.382 e. The SMILES string of the molecule is CCCSc1nc(N)c(C#N)c(C(C)C)n1. The minimum Gasteiger partial charge on any atom is -0.382 e. The molecule has 0 atom stereocenters. The molecule has 0 bridgehead atoms. The van der Waals surface area contributed by atoms with Gasteiger partial charge in [0, 0.05) is 5.75 Å². The first-order chi connectivity index (χ1) is 7.60. The van der Waals surface area contributed by atoms with E-state index in [-0.39, 0.29) is 5.92 Å². The highest BCUT2D eigenvalue weighted by molar-refractivity contribution is 7.99. The fourth-order valence-corrected chi connectivity index (χ4v) is 1.98. The zero-order valence-electron chi connectivity index (χ0n) is 9.82. The van der Waals surface area contributed by atoms with Crippen LogP contribution in [0.1, 0.15) is 44.4 Å². The molecule has 0 aliphatic rings. The lowest BCUT2D eigenvalue weighted by Gasteiger charge is -2.10. The van der Waals surface area contributed by atoms with Crippen molar-refractivity contribution < 1.29 is 0 Å². The molecule has 0 aliphatic heterocycles. The van der Waals surface area contributed by atoms with E-state index in [4.69, 9.17) is 11.0 Å². The molecule has 4 nitrogen and oxygen atoms in total. The Morgan fingerprint density at radius 2 is 2.12 bits per heavy atom. The average Bonchev–Trinajstić information content (AvgIpc) is 2.25. The van der Waals surface area contributed by atoms with Crippen molar-refractivity contribution in [3.8, 4) is 6.07 Å². The monoisotopic (exact) mass is 236 g/mol. The van der Waals surface area contributed by atoms with Gasteiger partial charge in [-0.15, -0.1) is 0 Å².